The molecule has 1 unspecified atom stereocenters. The van der Waals surface area contributed by atoms with Gasteiger partial charge in [0.25, 0.3) is 10.0 Å². The third-order valence-corrected chi connectivity index (χ3v) is 9.36. The van der Waals surface area contributed by atoms with Crippen molar-refractivity contribution in [1.29, 1.82) is 0 Å². The minimum Gasteiger partial charge on any atom is -0.497 e. The van der Waals surface area contributed by atoms with Gasteiger partial charge in [-0.1, -0.05) is 83.9 Å². The number of methoxy groups -OCH3 is 1. The molecule has 4 rings (SSSR count). The van der Waals surface area contributed by atoms with Gasteiger partial charge >= 0.3 is 0 Å². The van der Waals surface area contributed by atoms with Crippen molar-refractivity contribution in [2.24, 2.45) is 0 Å². The number of halogens is 2. The molecule has 0 bridgehead atoms. The summed E-state index contributed by atoms with van der Waals surface area (Å²) in [6.45, 7) is -0.756. The van der Waals surface area contributed by atoms with Crippen LogP contribution in [0.5, 0.6) is 5.75 Å². The third-order valence-electron chi connectivity index (χ3n) is 6.86. The predicted molar refractivity (Wildman–Crippen MR) is 169 cm³/mol. The Bertz CT molecular complexity index is 1650. The van der Waals surface area contributed by atoms with E-state index < -0.39 is 34.4 Å². The Morgan fingerprint density at radius 2 is 1.47 bits per heavy atom. The number of hydrogen-bond donors (Lipinski definition) is 1. The summed E-state index contributed by atoms with van der Waals surface area (Å²) in [6.07, 6.45) is 0.166. The van der Waals surface area contributed by atoms with Gasteiger partial charge < -0.3 is 15.0 Å². The number of benzene rings is 4. The first-order valence-corrected chi connectivity index (χ1v) is 15.5. The summed E-state index contributed by atoms with van der Waals surface area (Å²) in [5, 5.41) is 3.26. The lowest BCUT2D eigenvalue weighted by Gasteiger charge is -2.34. The first-order valence-electron chi connectivity index (χ1n) is 13.4. The molecule has 0 fully saturated rings. The van der Waals surface area contributed by atoms with Crippen molar-refractivity contribution in [2.75, 3.05) is 25.0 Å². The molecule has 0 aliphatic rings. The van der Waals surface area contributed by atoms with E-state index in [1.165, 1.54) is 37.3 Å². The van der Waals surface area contributed by atoms with Crippen LogP contribution in [0, 0.1) is 0 Å². The molecule has 0 heterocycles. The fourth-order valence-corrected chi connectivity index (χ4v) is 6.53. The summed E-state index contributed by atoms with van der Waals surface area (Å²) < 4.78 is 34.3. The number of likely N-dealkylation sites (N-methyl/N-ethyl adjacent to an activating group) is 1. The highest BCUT2D eigenvalue weighted by atomic mass is 35.5. The van der Waals surface area contributed by atoms with E-state index in [1.807, 2.05) is 30.3 Å². The van der Waals surface area contributed by atoms with Gasteiger partial charge in [0.1, 0.15) is 18.3 Å². The molecule has 11 heteroatoms. The summed E-state index contributed by atoms with van der Waals surface area (Å²) >= 11 is 13.0. The van der Waals surface area contributed by atoms with Crippen LogP contribution >= 0.6 is 23.2 Å². The van der Waals surface area contributed by atoms with E-state index in [-0.39, 0.29) is 23.5 Å². The SMILES string of the molecule is CNC(=O)C(Cc1ccccc1)N(Cc1c(Cl)cccc1Cl)C(=O)CN(c1cccc(OC)c1)S(=O)(=O)c1ccccc1. The highest BCUT2D eigenvalue weighted by Crippen LogP contribution is 2.30. The second kappa shape index (κ2) is 14.4. The van der Waals surface area contributed by atoms with Crippen molar-refractivity contribution >= 4 is 50.7 Å². The molecule has 1 N–H and O–H groups in total. The van der Waals surface area contributed by atoms with Crippen molar-refractivity contribution in [1.82, 2.24) is 10.2 Å². The van der Waals surface area contributed by atoms with E-state index in [0.717, 1.165) is 9.87 Å². The Labute approximate surface area is 261 Å². The van der Waals surface area contributed by atoms with E-state index in [9.17, 15) is 18.0 Å². The number of hydrogen-bond acceptors (Lipinski definition) is 5. The largest absolute Gasteiger partial charge is 0.497 e. The molecule has 0 aliphatic carbocycles. The number of anilines is 1. The van der Waals surface area contributed by atoms with Gasteiger partial charge in [0.05, 0.1) is 17.7 Å². The van der Waals surface area contributed by atoms with Gasteiger partial charge in [-0.25, -0.2) is 8.42 Å². The van der Waals surface area contributed by atoms with Gasteiger partial charge in [0.15, 0.2) is 0 Å². The second-order valence-corrected chi connectivity index (χ2v) is 12.2. The number of carbonyl (C=O) groups excluding carboxylic acids is 2. The first-order chi connectivity index (χ1) is 20.6. The zero-order valence-corrected chi connectivity index (χ0v) is 25.9. The minimum absolute atomic E-state index is 0.00143. The number of carbonyl (C=O) groups is 2. The van der Waals surface area contributed by atoms with E-state index >= 15 is 0 Å². The summed E-state index contributed by atoms with van der Waals surface area (Å²) in [6, 6.07) is 27.4. The molecule has 8 nitrogen and oxygen atoms in total. The number of amides is 2. The quantitative estimate of drug-likeness (QED) is 0.218. The number of rotatable bonds is 12. The van der Waals surface area contributed by atoms with Gasteiger partial charge in [0.2, 0.25) is 11.8 Å². The average Bonchev–Trinajstić information content (AvgIpc) is 3.03. The number of ether oxygens (including phenoxy) is 1. The summed E-state index contributed by atoms with van der Waals surface area (Å²) in [7, 11) is -1.28. The molecule has 2 amide bonds. The molecule has 224 valence electrons. The molecule has 43 heavy (non-hydrogen) atoms. The third kappa shape index (κ3) is 7.67. The lowest BCUT2D eigenvalue weighted by atomic mass is 10.0. The van der Waals surface area contributed by atoms with E-state index in [2.05, 4.69) is 5.32 Å². The lowest BCUT2D eigenvalue weighted by molar-refractivity contribution is -0.139. The molecule has 0 saturated carbocycles. The lowest BCUT2D eigenvalue weighted by Crippen LogP contribution is -2.53. The van der Waals surface area contributed by atoms with Gasteiger partial charge in [0, 0.05) is 41.7 Å². The number of nitrogens with zero attached hydrogens (tertiary/aromatic N) is 2. The van der Waals surface area contributed by atoms with Crippen LogP contribution in [-0.4, -0.2) is 51.9 Å². The zero-order chi connectivity index (χ0) is 31.0. The summed E-state index contributed by atoms with van der Waals surface area (Å²) in [5.74, 6) is -0.660. The summed E-state index contributed by atoms with van der Waals surface area (Å²) in [5.41, 5.74) is 1.45. The van der Waals surface area contributed by atoms with Crippen LogP contribution in [0.15, 0.2) is 108 Å². The maximum absolute atomic E-state index is 14.4. The molecule has 4 aromatic rings. The van der Waals surface area contributed by atoms with E-state index in [0.29, 0.717) is 21.4 Å². The molecule has 1 atom stereocenters. The molecule has 0 aromatic heterocycles. The van der Waals surface area contributed by atoms with Crippen LogP contribution in [0.25, 0.3) is 0 Å². The molecule has 4 aromatic carbocycles. The number of nitrogens with one attached hydrogen (secondary N) is 1. The molecule has 0 radical (unpaired) electrons. The Kier molecular flexibility index (Phi) is 10.7. The maximum Gasteiger partial charge on any atom is 0.264 e. The van der Waals surface area contributed by atoms with Crippen molar-refractivity contribution in [3.05, 3.63) is 124 Å². The van der Waals surface area contributed by atoms with Crippen LogP contribution in [0.3, 0.4) is 0 Å². The fraction of sp³-hybridized carbons (Fsp3) is 0.188. The minimum atomic E-state index is -4.23. The molecular formula is C32H31Cl2N3O5S. The highest BCUT2D eigenvalue weighted by Gasteiger charge is 2.35. The predicted octanol–water partition coefficient (Wildman–Crippen LogP) is 5.58. The van der Waals surface area contributed by atoms with Gasteiger partial charge in [-0.05, 0) is 42.0 Å². The first kappa shape index (κ1) is 31.9. The monoisotopic (exact) mass is 639 g/mol. The van der Waals surface area contributed by atoms with Crippen molar-refractivity contribution in [3.8, 4) is 5.75 Å². The van der Waals surface area contributed by atoms with Crippen molar-refractivity contribution in [3.63, 3.8) is 0 Å². The Balaban J connectivity index is 1.83. The van der Waals surface area contributed by atoms with Crippen LogP contribution in [0.1, 0.15) is 11.1 Å². The van der Waals surface area contributed by atoms with Crippen molar-refractivity contribution < 1.29 is 22.7 Å². The Morgan fingerprint density at radius 1 is 0.860 bits per heavy atom. The highest BCUT2D eigenvalue weighted by molar-refractivity contribution is 7.92. The normalized spacial score (nSPS) is 11.8. The standard InChI is InChI=1S/C32H31Cl2N3O5S/c1-35-32(39)30(19-23-11-5-3-6-12-23)36(21-27-28(33)17-10-18-29(27)34)31(38)22-37(24-13-9-14-25(20-24)42-2)43(40,41)26-15-7-4-8-16-26/h3-18,20,30H,19,21-22H2,1-2H3,(H,35,39). The molecule has 0 aliphatic heterocycles. The van der Waals surface area contributed by atoms with E-state index in [1.54, 1.807) is 54.6 Å². The van der Waals surface area contributed by atoms with Crippen LogP contribution in [0.2, 0.25) is 10.0 Å². The Hall–Kier alpha value is -4.05. The maximum atomic E-state index is 14.4. The van der Waals surface area contributed by atoms with E-state index in [4.69, 9.17) is 27.9 Å². The molecule has 0 spiro atoms. The topological polar surface area (TPSA) is 96.0 Å². The Morgan fingerprint density at radius 3 is 2.07 bits per heavy atom. The zero-order valence-electron chi connectivity index (χ0n) is 23.6. The van der Waals surface area contributed by atoms with Gasteiger partial charge in [-0.3, -0.25) is 13.9 Å². The fourth-order valence-electron chi connectivity index (χ4n) is 4.59. The van der Waals surface area contributed by atoms with Crippen LogP contribution in [0.4, 0.5) is 5.69 Å². The molecular weight excluding hydrogens is 609 g/mol. The molecule has 0 saturated heterocycles. The summed E-state index contributed by atoms with van der Waals surface area (Å²) in [4.78, 5) is 29.0. The van der Waals surface area contributed by atoms with Gasteiger partial charge in [-0.2, -0.15) is 0 Å². The smallest absolute Gasteiger partial charge is 0.264 e. The van der Waals surface area contributed by atoms with Crippen molar-refractivity contribution in [2.45, 2.75) is 23.9 Å². The second-order valence-electron chi connectivity index (χ2n) is 9.57. The van der Waals surface area contributed by atoms with Crippen LogP contribution < -0.4 is 14.4 Å². The number of sulfonamides is 1. The van der Waals surface area contributed by atoms with Gasteiger partial charge in [-0.15, -0.1) is 0 Å². The average molecular weight is 641 g/mol. The van der Waals surface area contributed by atoms with Crippen LogP contribution in [-0.2, 0) is 32.6 Å².